The maximum absolute atomic E-state index is 12.1. The molecule has 1 aromatic carbocycles. The van der Waals surface area contributed by atoms with Gasteiger partial charge in [-0.1, -0.05) is 12.1 Å². The number of pyridine rings is 1. The highest BCUT2D eigenvalue weighted by molar-refractivity contribution is 6.07. The Hall–Kier alpha value is -2.89. The highest BCUT2D eigenvalue weighted by Gasteiger charge is 2.11. The van der Waals surface area contributed by atoms with Crippen LogP contribution < -0.4 is 10.9 Å². The number of carbonyl (C=O) groups is 1. The van der Waals surface area contributed by atoms with Gasteiger partial charge in [-0.2, -0.15) is 5.10 Å². The average molecular weight is 268 g/mol. The molecule has 3 aromatic rings. The minimum absolute atomic E-state index is 0.232. The number of benzene rings is 1. The Morgan fingerprint density at radius 2 is 2.10 bits per heavy atom. The molecule has 0 atom stereocenters. The summed E-state index contributed by atoms with van der Waals surface area (Å²) in [6, 6.07) is 10.4. The third-order valence-electron chi connectivity index (χ3n) is 3.07. The van der Waals surface area contributed by atoms with Crippen LogP contribution in [0.4, 0.5) is 5.82 Å². The number of nitrogens with zero attached hydrogens (tertiary/aromatic N) is 2. The quantitative estimate of drug-likeness (QED) is 0.739. The molecule has 0 aliphatic heterocycles. The second-order valence-electron chi connectivity index (χ2n) is 4.44. The molecule has 20 heavy (non-hydrogen) atoms. The summed E-state index contributed by atoms with van der Waals surface area (Å²) < 4.78 is 1.40. The van der Waals surface area contributed by atoms with Gasteiger partial charge in [0.05, 0.1) is 5.52 Å². The third-order valence-corrected chi connectivity index (χ3v) is 3.07. The van der Waals surface area contributed by atoms with E-state index in [4.69, 9.17) is 0 Å². The molecule has 0 saturated carbocycles. The summed E-state index contributed by atoms with van der Waals surface area (Å²) in [5.74, 6) is 0.0891. The van der Waals surface area contributed by atoms with Crippen molar-refractivity contribution < 1.29 is 4.79 Å². The van der Waals surface area contributed by atoms with E-state index < -0.39 is 0 Å². The first-order valence-electron chi connectivity index (χ1n) is 6.06. The van der Waals surface area contributed by atoms with E-state index in [2.05, 4.69) is 15.5 Å². The second-order valence-corrected chi connectivity index (χ2v) is 4.44. The molecule has 0 spiro atoms. The minimum Gasteiger partial charge on any atom is -0.319 e. The fourth-order valence-corrected chi connectivity index (χ4v) is 1.93. The number of hydrogen-bond acceptors (Lipinski definition) is 3. The third kappa shape index (κ3) is 2.07. The molecular weight excluding hydrogens is 256 g/mol. The summed E-state index contributed by atoms with van der Waals surface area (Å²) >= 11 is 0. The maximum Gasteiger partial charge on any atom is 0.257 e. The summed E-state index contributed by atoms with van der Waals surface area (Å²) in [6.07, 6.45) is 1.56. The molecule has 1 amide bonds. The van der Waals surface area contributed by atoms with Crippen molar-refractivity contribution in [3.63, 3.8) is 0 Å². The van der Waals surface area contributed by atoms with Gasteiger partial charge in [0.1, 0.15) is 0 Å². The predicted molar refractivity (Wildman–Crippen MR) is 75.7 cm³/mol. The van der Waals surface area contributed by atoms with Gasteiger partial charge < -0.3 is 9.88 Å². The van der Waals surface area contributed by atoms with Crippen molar-refractivity contribution in [2.24, 2.45) is 7.05 Å². The van der Waals surface area contributed by atoms with Gasteiger partial charge in [-0.15, -0.1) is 0 Å². The van der Waals surface area contributed by atoms with Crippen LogP contribution in [0.3, 0.4) is 0 Å². The number of rotatable bonds is 2. The van der Waals surface area contributed by atoms with Crippen molar-refractivity contribution in [1.82, 2.24) is 14.8 Å². The Labute approximate surface area is 114 Å². The maximum atomic E-state index is 12.1. The monoisotopic (exact) mass is 268 g/mol. The van der Waals surface area contributed by atoms with Crippen molar-refractivity contribution in [2.45, 2.75) is 0 Å². The van der Waals surface area contributed by atoms with Crippen molar-refractivity contribution in [3.8, 4) is 0 Å². The van der Waals surface area contributed by atoms with Gasteiger partial charge in [0, 0.05) is 30.3 Å². The number of para-hydroxylation sites is 1. The van der Waals surface area contributed by atoms with E-state index in [1.165, 1.54) is 10.6 Å². The fraction of sp³-hybridized carbons (Fsp3) is 0.0714. The zero-order valence-electron chi connectivity index (χ0n) is 10.8. The first kappa shape index (κ1) is 12.2. The number of carbonyl (C=O) groups excluding carboxylic acids is 1. The van der Waals surface area contributed by atoms with Gasteiger partial charge in [-0.25, -0.2) is 0 Å². The van der Waals surface area contributed by atoms with Gasteiger partial charge in [0.2, 0.25) is 0 Å². The highest BCUT2D eigenvalue weighted by Crippen LogP contribution is 2.19. The Bertz CT molecular complexity index is 848. The highest BCUT2D eigenvalue weighted by atomic mass is 16.2. The Morgan fingerprint density at radius 1 is 1.30 bits per heavy atom. The molecule has 0 bridgehead atoms. The number of aryl methyl sites for hydroxylation is 1. The molecule has 0 aliphatic rings. The first-order valence-corrected chi connectivity index (χ1v) is 6.06. The van der Waals surface area contributed by atoms with Crippen LogP contribution in [0.5, 0.6) is 0 Å². The van der Waals surface area contributed by atoms with Crippen molar-refractivity contribution in [1.29, 1.82) is 0 Å². The molecule has 0 aliphatic carbocycles. The predicted octanol–water partition coefficient (Wildman–Crippen LogP) is 1.51. The van der Waals surface area contributed by atoms with Gasteiger partial charge in [-0.3, -0.25) is 14.7 Å². The summed E-state index contributed by atoms with van der Waals surface area (Å²) in [6.45, 7) is 0. The standard InChI is InChI=1S/C14H12N4O2/c1-18-7-6-9(8-12(18)19)14(20)15-13-10-4-2-3-5-11(10)16-17-13/h2-8H,1H3,(H2,15,16,17,20). The van der Waals surface area contributed by atoms with Gasteiger partial charge in [0.25, 0.3) is 11.5 Å². The molecule has 2 N–H and O–H groups in total. The molecule has 0 radical (unpaired) electrons. The van der Waals surface area contributed by atoms with Gasteiger partial charge in [-0.05, 0) is 18.2 Å². The summed E-state index contributed by atoms with van der Waals surface area (Å²) in [5.41, 5.74) is 0.913. The summed E-state index contributed by atoms with van der Waals surface area (Å²) in [4.78, 5) is 23.6. The van der Waals surface area contributed by atoms with E-state index in [9.17, 15) is 9.59 Å². The molecule has 6 nitrogen and oxygen atoms in total. The number of aromatic nitrogens is 3. The number of fused-ring (bicyclic) bond motifs is 1. The zero-order valence-corrected chi connectivity index (χ0v) is 10.8. The lowest BCUT2D eigenvalue weighted by Gasteiger charge is -2.03. The number of hydrogen-bond donors (Lipinski definition) is 2. The minimum atomic E-state index is -0.361. The van der Waals surface area contributed by atoms with Crippen LogP contribution in [0.15, 0.2) is 47.4 Å². The molecule has 2 heterocycles. The largest absolute Gasteiger partial charge is 0.319 e. The van der Waals surface area contributed by atoms with Crippen LogP contribution in [-0.4, -0.2) is 20.7 Å². The first-order chi connectivity index (χ1) is 9.65. The lowest BCUT2D eigenvalue weighted by molar-refractivity contribution is 0.102. The normalized spacial score (nSPS) is 10.7. The van der Waals surface area contributed by atoms with E-state index in [0.717, 1.165) is 10.9 Å². The average Bonchev–Trinajstić information content (AvgIpc) is 2.85. The molecule has 3 rings (SSSR count). The number of H-pyrrole nitrogens is 1. The smallest absolute Gasteiger partial charge is 0.257 e. The van der Waals surface area contributed by atoms with Crippen molar-refractivity contribution >= 4 is 22.6 Å². The molecular formula is C14H12N4O2. The van der Waals surface area contributed by atoms with Crippen molar-refractivity contribution in [3.05, 3.63) is 58.5 Å². The number of aromatic amines is 1. The fourth-order valence-electron chi connectivity index (χ4n) is 1.93. The zero-order chi connectivity index (χ0) is 14.1. The van der Waals surface area contributed by atoms with E-state index in [1.54, 1.807) is 19.3 Å². The Morgan fingerprint density at radius 3 is 2.90 bits per heavy atom. The summed E-state index contributed by atoms with van der Waals surface area (Å²) in [5, 5.41) is 10.4. The van der Waals surface area contributed by atoms with E-state index >= 15 is 0 Å². The van der Waals surface area contributed by atoms with Gasteiger partial charge in [0.15, 0.2) is 5.82 Å². The van der Waals surface area contributed by atoms with Crippen molar-refractivity contribution in [2.75, 3.05) is 5.32 Å². The lowest BCUT2D eigenvalue weighted by atomic mass is 10.2. The van der Waals surface area contributed by atoms with Crippen LogP contribution in [0.1, 0.15) is 10.4 Å². The lowest BCUT2D eigenvalue weighted by Crippen LogP contribution is -2.20. The topological polar surface area (TPSA) is 79.8 Å². The van der Waals surface area contributed by atoms with Gasteiger partial charge >= 0.3 is 0 Å². The number of anilines is 1. The Kier molecular flexibility index (Phi) is 2.83. The Balaban J connectivity index is 1.92. The number of amides is 1. The summed E-state index contributed by atoms with van der Waals surface area (Å²) in [7, 11) is 1.63. The van der Waals surface area contributed by atoms with E-state index in [-0.39, 0.29) is 11.5 Å². The second kappa shape index (κ2) is 4.65. The molecule has 0 unspecified atom stereocenters. The van der Waals surface area contributed by atoms with Crippen LogP contribution >= 0.6 is 0 Å². The number of nitrogens with one attached hydrogen (secondary N) is 2. The van der Waals surface area contributed by atoms with Crippen LogP contribution in [0, 0.1) is 0 Å². The van der Waals surface area contributed by atoms with E-state index in [1.807, 2.05) is 24.3 Å². The molecule has 0 fully saturated rings. The van der Waals surface area contributed by atoms with Crippen LogP contribution in [-0.2, 0) is 7.05 Å². The SMILES string of the molecule is Cn1ccc(C(=O)Nc2n[nH]c3ccccc23)cc1=O. The molecule has 100 valence electrons. The van der Waals surface area contributed by atoms with E-state index in [0.29, 0.717) is 11.4 Å². The van der Waals surface area contributed by atoms with Crippen LogP contribution in [0.2, 0.25) is 0 Å². The molecule has 6 heteroatoms. The van der Waals surface area contributed by atoms with Crippen LogP contribution in [0.25, 0.3) is 10.9 Å². The molecule has 0 saturated heterocycles. The molecule has 2 aromatic heterocycles.